The van der Waals surface area contributed by atoms with Gasteiger partial charge >= 0.3 is 29.6 Å². The first kappa shape index (κ1) is 26.1. The summed E-state index contributed by atoms with van der Waals surface area (Å²) >= 11 is 0. The van der Waals surface area contributed by atoms with Gasteiger partial charge in [-0.05, 0) is 6.42 Å². The van der Waals surface area contributed by atoms with Crippen LogP contribution < -0.4 is 29.6 Å². The van der Waals surface area contributed by atoms with Gasteiger partial charge in [0, 0.05) is 0 Å². The fourth-order valence-corrected chi connectivity index (χ4v) is 3.38. The molecule has 134 valence electrons. The van der Waals surface area contributed by atoms with Crippen molar-refractivity contribution < 1.29 is 47.6 Å². The van der Waals surface area contributed by atoms with Crippen LogP contribution in [0.15, 0.2) is 0 Å². The summed E-state index contributed by atoms with van der Waals surface area (Å²) in [5, 5.41) is 9.42. The molecule has 0 aromatic heterocycles. The Bertz CT molecular complexity index is 333. The molecule has 0 bridgehead atoms. The Morgan fingerprint density at radius 2 is 1.09 bits per heavy atom. The van der Waals surface area contributed by atoms with Crippen molar-refractivity contribution in [2.75, 3.05) is 5.75 Å². The third-order valence-corrected chi connectivity index (χ3v) is 4.85. The van der Waals surface area contributed by atoms with Crippen molar-refractivity contribution in [2.24, 2.45) is 0 Å². The molecule has 0 aliphatic carbocycles. The molecular formula is C17H36NaO4S+. The van der Waals surface area contributed by atoms with Crippen LogP contribution in [-0.4, -0.2) is 29.9 Å². The molecule has 23 heavy (non-hydrogen) atoms. The van der Waals surface area contributed by atoms with Gasteiger partial charge in [0.05, 0.1) is 6.10 Å². The first-order valence-electron chi connectivity index (χ1n) is 9.09. The Morgan fingerprint density at radius 3 is 1.43 bits per heavy atom. The zero-order chi connectivity index (χ0) is 16.7. The molecule has 2 N–H and O–H groups in total. The average Bonchev–Trinajstić information content (AvgIpc) is 2.42. The Labute approximate surface area is 165 Å². The van der Waals surface area contributed by atoms with Crippen LogP contribution in [-0.2, 0) is 10.1 Å². The van der Waals surface area contributed by atoms with Gasteiger partial charge < -0.3 is 5.11 Å². The second-order valence-corrected chi connectivity index (χ2v) is 7.93. The predicted octanol–water partition coefficient (Wildman–Crippen LogP) is 1.72. The van der Waals surface area contributed by atoms with E-state index in [4.69, 9.17) is 4.55 Å². The van der Waals surface area contributed by atoms with Crippen molar-refractivity contribution in [3.05, 3.63) is 0 Å². The standard InChI is InChI=1S/C17H36O4S.Na/c1-2-3-4-5-6-7-8-9-10-11-12-13-14-15-17(18)16-22(19,20)21;/h17-18H,2-16H2,1H3,(H,19,20,21);/q;+1. The van der Waals surface area contributed by atoms with Crippen molar-refractivity contribution in [3.8, 4) is 0 Å². The van der Waals surface area contributed by atoms with Gasteiger partial charge in [-0.15, -0.1) is 0 Å². The smallest absolute Gasteiger partial charge is 0.392 e. The minimum Gasteiger partial charge on any atom is -0.392 e. The van der Waals surface area contributed by atoms with Gasteiger partial charge in [-0.25, -0.2) is 0 Å². The molecule has 0 aromatic carbocycles. The van der Waals surface area contributed by atoms with E-state index in [0.29, 0.717) is 6.42 Å². The zero-order valence-electron chi connectivity index (χ0n) is 15.3. The summed E-state index contributed by atoms with van der Waals surface area (Å²) in [6.45, 7) is 2.25. The van der Waals surface area contributed by atoms with Crippen LogP contribution in [0.3, 0.4) is 0 Å². The number of aliphatic hydroxyl groups is 1. The van der Waals surface area contributed by atoms with Crippen molar-refractivity contribution in [1.29, 1.82) is 0 Å². The van der Waals surface area contributed by atoms with E-state index in [1.54, 1.807) is 0 Å². The summed E-state index contributed by atoms with van der Waals surface area (Å²) in [6, 6.07) is 0. The number of hydrogen-bond acceptors (Lipinski definition) is 3. The van der Waals surface area contributed by atoms with E-state index in [9.17, 15) is 13.5 Å². The second-order valence-electron chi connectivity index (χ2n) is 6.43. The molecule has 1 atom stereocenters. The molecule has 1 unspecified atom stereocenters. The van der Waals surface area contributed by atoms with Crippen molar-refractivity contribution in [3.63, 3.8) is 0 Å². The third-order valence-electron chi connectivity index (χ3n) is 4.04. The van der Waals surface area contributed by atoms with Gasteiger partial charge in [0.1, 0.15) is 5.75 Å². The summed E-state index contributed by atoms with van der Waals surface area (Å²) in [6.07, 6.45) is 15.9. The van der Waals surface area contributed by atoms with Gasteiger partial charge in [0.2, 0.25) is 0 Å². The van der Waals surface area contributed by atoms with E-state index in [1.807, 2.05) is 0 Å². The zero-order valence-corrected chi connectivity index (χ0v) is 18.1. The molecule has 0 amide bonds. The maximum Gasteiger partial charge on any atom is 1.00 e. The molecule has 0 spiro atoms. The Kier molecular flexibility index (Phi) is 20.1. The van der Waals surface area contributed by atoms with Crippen molar-refractivity contribution >= 4 is 10.1 Å². The molecular weight excluding hydrogens is 323 g/mol. The minimum absolute atomic E-state index is 0. The van der Waals surface area contributed by atoms with E-state index >= 15 is 0 Å². The molecule has 0 fully saturated rings. The predicted molar refractivity (Wildman–Crippen MR) is 92.7 cm³/mol. The van der Waals surface area contributed by atoms with E-state index in [1.165, 1.54) is 64.2 Å². The molecule has 0 heterocycles. The van der Waals surface area contributed by atoms with Gasteiger partial charge in [0.25, 0.3) is 10.1 Å². The molecule has 0 saturated heterocycles. The third kappa shape index (κ3) is 22.9. The summed E-state index contributed by atoms with van der Waals surface area (Å²) in [5.41, 5.74) is 0. The molecule has 0 rings (SSSR count). The van der Waals surface area contributed by atoms with Crippen LogP contribution in [0, 0.1) is 0 Å². The monoisotopic (exact) mass is 359 g/mol. The number of unbranched alkanes of at least 4 members (excludes halogenated alkanes) is 12. The Balaban J connectivity index is 0. The van der Waals surface area contributed by atoms with Gasteiger partial charge in [-0.2, -0.15) is 8.42 Å². The molecule has 0 aromatic rings. The van der Waals surface area contributed by atoms with Crippen LogP contribution in [0.1, 0.15) is 96.8 Å². The quantitative estimate of drug-likeness (QED) is 0.250. The van der Waals surface area contributed by atoms with Crippen molar-refractivity contribution in [1.82, 2.24) is 0 Å². The van der Waals surface area contributed by atoms with Crippen LogP contribution >= 0.6 is 0 Å². The SMILES string of the molecule is CCCCCCCCCCCCCCCC(O)CS(=O)(=O)O.[Na+]. The van der Waals surface area contributed by atoms with Crippen LogP contribution in [0.5, 0.6) is 0 Å². The molecule has 6 heteroatoms. The van der Waals surface area contributed by atoms with E-state index in [-0.39, 0.29) is 29.6 Å². The normalized spacial score (nSPS) is 12.8. The Morgan fingerprint density at radius 1 is 0.739 bits per heavy atom. The number of aliphatic hydroxyl groups excluding tert-OH is 1. The molecule has 0 aliphatic heterocycles. The number of rotatable bonds is 16. The first-order valence-corrected chi connectivity index (χ1v) is 10.7. The van der Waals surface area contributed by atoms with Gasteiger partial charge in [-0.1, -0.05) is 90.4 Å². The van der Waals surface area contributed by atoms with Crippen LogP contribution in [0.2, 0.25) is 0 Å². The number of hydrogen-bond donors (Lipinski definition) is 2. The summed E-state index contributed by atoms with van der Waals surface area (Å²) in [7, 11) is -4.04. The minimum atomic E-state index is -4.04. The molecule has 0 aliphatic rings. The maximum atomic E-state index is 10.6. The van der Waals surface area contributed by atoms with E-state index < -0.39 is 22.0 Å². The van der Waals surface area contributed by atoms with Gasteiger partial charge in [-0.3, -0.25) is 4.55 Å². The second kappa shape index (κ2) is 17.7. The summed E-state index contributed by atoms with van der Waals surface area (Å²) < 4.78 is 29.7. The van der Waals surface area contributed by atoms with E-state index in [0.717, 1.165) is 19.3 Å². The van der Waals surface area contributed by atoms with Crippen LogP contribution in [0.4, 0.5) is 0 Å². The van der Waals surface area contributed by atoms with Crippen molar-refractivity contribution in [2.45, 2.75) is 103 Å². The van der Waals surface area contributed by atoms with E-state index in [2.05, 4.69) is 6.92 Å². The maximum absolute atomic E-state index is 10.6. The summed E-state index contributed by atoms with van der Waals surface area (Å²) in [4.78, 5) is 0. The summed E-state index contributed by atoms with van der Waals surface area (Å²) in [5.74, 6) is -0.536. The average molecular weight is 360 g/mol. The molecule has 0 saturated carbocycles. The fourth-order valence-electron chi connectivity index (χ4n) is 2.72. The largest absolute Gasteiger partial charge is 1.00 e. The Hall–Kier alpha value is 0.870. The molecule has 4 nitrogen and oxygen atoms in total. The fraction of sp³-hybridized carbons (Fsp3) is 1.00. The van der Waals surface area contributed by atoms with Crippen LogP contribution in [0.25, 0.3) is 0 Å². The first-order chi connectivity index (χ1) is 10.5. The van der Waals surface area contributed by atoms with Gasteiger partial charge in [0.15, 0.2) is 0 Å². The topological polar surface area (TPSA) is 74.6 Å². The molecule has 0 radical (unpaired) electrons.